The Balaban J connectivity index is 1.47. The lowest BCUT2D eigenvalue weighted by atomic mass is 10.2. The fraction of sp³-hybridized carbons (Fsp3) is 0.211. The van der Waals surface area contributed by atoms with Crippen molar-refractivity contribution in [1.82, 2.24) is 30.0 Å². The highest BCUT2D eigenvalue weighted by molar-refractivity contribution is 7.99. The normalized spacial score (nSPS) is 12.2. The van der Waals surface area contributed by atoms with Crippen LogP contribution < -0.4 is 10.9 Å². The molecular formula is C19H18N6O3S. The first kappa shape index (κ1) is 18.9. The molecule has 1 unspecified atom stereocenters. The highest BCUT2D eigenvalue weighted by Gasteiger charge is 2.18. The van der Waals surface area contributed by atoms with E-state index in [0.29, 0.717) is 27.7 Å². The first-order valence-electron chi connectivity index (χ1n) is 8.88. The molecule has 0 saturated carbocycles. The fourth-order valence-corrected chi connectivity index (χ4v) is 3.66. The predicted molar refractivity (Wildman–Crippen MR) is 108 cm³/mol. The summed E-state index contributed by atoms with van der Waals surface area (Å²) in [6.07, 6.45) is 1.44. The molecule has 0 bridgehead atoms. The van der Waals surface area contributed by atoms with E-state index in [9.17, 15) is 9.59 Å². The van der Waals surface area contributed by atoms with Crippen molar-refractivity contribution >= 4 is 28.6 Å². The average Bonchev–Trinajstić information content (AvgIpc) is 3.37. The number of carbonyl (C=O) groups is 1. The van der Waals surface area contributed by atoms with Gasteiger partial charge in [-0.25, -0.2) is 4.98 Å². The maximum atomic E-state index is 12.3. The van der Waals surface area contributed by atoms with Gasteiger partial charge in [-0.15, -0.1) is 10.2 Å². The van der Waals surface area contributed by atoms with Crippen LogP contribution in [0.3, 0.4) is 0 Å². The minimum absolute atomic E-state index is 0.152. The summed E-state index contributed by atoms with van der Waals surface area (Å²) in [5.74, 6) is 1.08. The smallest absolute Gasteiger partial charge is 0.287 e. The van der Waals surface area contributed by atoms with E-state index in [4.69, 9.17) is 4.42 Å². The standard InChI is InChI=1S/C19H18N6O3S/c1-11(16-21-13-7-4-3-6-12(13)17(26)22-16)29-19-24-23-15(25(19)2)10-20-18(27)14-8-5-9-28-14/h3-9,11H,10H2,1-2H3,(H,20,27)(H,21,22,26). The number of hydrogen-bond acceptors (Lipinski definition) is 7. The topological polar surface area (TPSA) is 119 Å². The largest absolute Gasteiger partial charge is 0.459 e. The molecule has 29 heavy (non-hydrogen) atoms. The molecule has 1 atom stereocenters. The van der Waals surface area contributed by atoms with Gasteiger partial charge in [-0.3, -0.25) is 9.59 Å². The summed E-state index contributed by atoms with van der Waals surface area (Å²) in [6, 6.07) is 10.5. The fourth-order valence-electron chi connectivity index (χ4n) is 2.77. The summed E-state index contributed by atoms with van der Waals surface area (Å²) in [7, 11) is 1.82. The zero-order valence-electron chi connectivity index (χ0n) is 15.7. The number of para-hydroxylation sites is 1. The molecule has 4 aromatic rings. The number of fused-ring (bicyclic) bond motifs is 1. The van der Waals surface area contributed by atoms with Crippen molar-refractivity contribution in [1.29, 1.82) is 0 Å². The summed E-state index contributed by atoms with van der Waals surface area (Å²) in [5.41, 5.74) is 0.482. The lowest BCUT2D eigenvalue weighted by Crippen LogP contribution is -2.24. The zero-order valence-corrected chi connectivity index (χ0v) is 16.6. The Morgan fingerprint density at radius 1 is 1.28 bits per heavy atom. The predicted octanol–water partition coefficient (Wildman–Crippen LogP) is 2.43. The van der Waals surface area contributed by atoms with Gasteiger partial charge in [0.25, 0.3) is 11.5 Å². The third kappa shape index (κ3) is 3.92. The van der Waals surface area contributed by atoms with Crippen molar-refractivity contribution in [3.05, 3.63) is 70.4 Å². The number of benzene rings is 1. The van der Waals surface area contributed by atoms with E-state index in [1.165, 1.54) is 18.0 Å². The van der Waals surface area contributed by atoms with Gasteiger partial charge in [-0.05, 0) is 31.2 Å². The summed E-state index contributed by atoms with van der Waals surface area (Å²) in [6.45, 7) is 2.15. The number of hydrogen-bond donors (Lipinski definition) is 2. The van der Waals surface area contributed by atoms with E-state index in [1.807, 2.05) is 32.2 Å². The van der Waals surface area contributed by atoms with Crippen molar-refractivity contribution in [2.45, 2.75) is 23.9 Å². The molecule has 0 aliphatic carbocycles. The number of rotatable bonds is 6. The summed E-state index contributed by atoms with van der Waals surface area (Å²) < 4.78 is 6.86. The lowest BCUT2D eigenvalue weighted by Gasteiger charge is -2.11. The number of aromatic amines is 1. The molecule has 9 nitrogen and oxygen atoms in total. The van der Waals surface area contributed by atoms with Gasteiger partial charge in [-0.1, -0.05) is 23.9 Å². The molecule has 1 aromatic carbocycles. The number of nitrogens with zero attached hydrogens (tertiary/aromatic N) is 4. The molecule has 10 heteroatoms. The number of furan rings is 1. The van der Waals surface area contributed by atoms with Crippen LogP contribution in [0, 0.1) is 0 Å². The second kappa shape index (κ2) is 7.92. The Morgan fingerprint density at radius 3 is 2.90 bits per heavy atom. The molecule has 0 saturated heterocycles. The molecule has 0 fully saturated rings. The summed E-state index contributed by atoms with van der Waals surface area (Å²) in [4.78, 5) is 31.7. The first-order chi connectivity index (χ1) is 14.0. The van der Waals surface area contributed by atoms with Gasteiger partial charge in [0.15, 0.2) is 16.7 Å². The van der Waals surface area contributed by atoms with Crippen LogP contribution in [0.15, 0.2) is 57.0 Å². The molecule has 4 rings (SSSR count). The quantitative estimate of drug-likeness (QED) is 0.469. The molecule has 3 heterocycles. The number of thioether (sulfide) groups is 1. The van der Waals surface area contributed by atoms with E-state index in [2.05, 4.69) is 25.5 Å². The van der Waals surface area contributed by atoms with Crippen molar-refractivity contribution < 1.29 is 9.21 Å². The van der Waals surface area contributed by atoms with Gasteiger partial charge in [0.2, 0.25) is 0 Å². The van der Waals surface area contributed by atoms with Crippen LogP contribution in [0.25, 0.3) is 10.9 Å². The van der Waals surface area contributed by atoms with E-state index in [0.717, 1.165) is 0 Å². The molecule has 0 aliphatic heterocycles. The third-order valence-corrected chi connectivity index (χ3v) is 5.52. The molecule has 3 aromatic heterocycles. The third-order valence-electron chi connectivity index (χ3n) is 4.38. The Labute approximate surface area is 169 Å². The number of aromatic nitrogens is 5. The van der Waals surface area contributed by atoms with Gasteiger partial charge >= 0.3 is 0 Å². The summed E-state index contributed by atoms with van der Waals surface area (Å²) >= 11 is 1.42. The van der Waals surface area contributed by atoms with Crippen molar-refractivity contribution in [2.75, 3.05) is 0 Å². The minimum atomic E-state index is -0.321. The van der Waals surface area contributed by atoms with Crippen molar-refractivity contribution in [3.63, 3.8) is 0 Å². The average molecular weight is 410 g/mol. The molecule has 1 amide bonds. The number of H-pyrrole nitrogens is 1. The van der Waals surface area contributed by atoms with Crippen LogP contribution in [0.1, 0.15) is 34.4 Å². The second-order valence-electron chi connectivity index (χ2n) is 6.35. The SMILES string of the molecule is CC(Sc1nnc(CNC(=O)c2ccco2)n1C)c1nc2ccccc2c(=O)[nH]1. The van der Waals surface area contributed by atoms with Gasteiger partial charge in [-0.2, -0.15) is 0 Å². The van der Waals surface area contributed by atoms with Gasteiger partial charge < -0.3 is 19.3 Å². The Morgan fingerprint density at radius 2 is 2.10 bits per heavy atom. The van der Waals surface area contributed by atoms with Crippen LogP contribution in [-0.4, -0.2) is 30.6 Å². The maximum absolute atomic E-state index is 12.3. The Kier molecular flexibility index (Phi) is 5.17. The molecule has 2 N–H and O–H groups in total. The van der Waals surface area contributed by atoms with Crippen LogP contribution in [-0.2, 0) is 13.6 Å². The number of carbonyl (C=O) groups excluding carboxylic acids is 1. The molecular weight excluding hydrogens is 392 g/mol. The van der Waals surface area contributed by atoms with E-state index >= 15 is 0 Å². The molecule has 148 valence electrons. The van der Waals surface area contributed by atoms with Crippen LogP contribution in [0.5, 0.6) is 0 Å². The Bertz CT molecular complexity index is 1210. The monoisotopic (exact) mass is 410 g/mol. The highest BCUT2D eigenvalue weighted by Crippen LogP contribution is 2.31. The molecule has 0 spiro atoms. The van der Waals surface area contributed by atoms with Crippen LogP contribution in [0.4, 0.5) is 0 Å². The Hall–Kier alpha value is -3.40. The molecule has 0 aliphatic rings. The zero-order chi connectivity index (χ0) is 20.4. The van der Waals surface area contributed by atoms with Crippen molar-refractivity contribution in [3.8, 4) is 0 Å². The maximum Gasteiger partial charge on any atom is 0.287 e. The number of nitrogens with one attached hydrogen (secondary N) is 2. The number of amides is 1. The molecule has 0 radical (unpaired) electrons. The van der Waals surface area contributed by atoms with E-state index in [-0.39, 0.29) is 29.0 Å². The van der Waals surface area contributed by atoms with E-state index < -0.39 is 0 Å². The lowest BCUT2D eigenvalue weighted by molar-refractivity contribution is 0.0921. The van der Waals surface area contributed by atoms with Crippen molar-refractivity contribution in [2.24, 2.45) is 7.05 Å². The second-order valence-corrected chi connectivity index (χ2v) is 7.65. The highest BCUT2D eigenvalue weighted by atomic mass is 32.2. The van der Waals surface area contributed by atoms with Gasteiger partial charge in [0, 0.05) is 7.05 Å². The van der Waals surface area contributed by atoms with Crippen LogP contribution >= 0.6 is 11.8 Å². The minimum Gasteiger partial charge on any atom is -0.459 e. The summed E-state index contributed by atoms with van der Waals surface area (Å²) in [5, 5.41) is 12.1. The first-order valence-corrected chi connectivity index (χ1v) is 9.76. The van der Waals surface area contributed by atoms with Gasteiger partial charge in [0.1, 0.15) is 5.82 Å². The van der Waals surface area contributed by atoms with E-state index in [1.54, 1.807) is 22.8 Å². The van der Waals surface area contributed by atoms with Crippen LogP contribution in [0.2, 0.25) is 0 Å². The van der Waals surface area contributed by atoms with Gasteiger partial charge in [0.05, 0.1) is 29.0 Å².